The Morgan fingerprint density at radius 1 is 1.41 bits per heavy atom. The van der Waals surface area contributed by atoms with Gasteiger partial charge in [0.2, 0.25) is 0 Å². The molecule has 1 fully saturated rings. The molecule has 2 N–H and O–H groups in total. The zero-order valence-electron chi connectivity index (χ0n) is 10.0. The molecule has 1 aliphatic heterocycles. The van der Waals surface area contributed by atoms with Crippen LogP contribution in [0.3, 0.4) is 0 Å². The van der Waals surface area contributed by atoms with E-state index in [2.05, 4.69) is 22.0 Å². The average molecular weight is 231 g/mol. The standard InChI is InChI=1S/C12H17N5/c1-2-16-7-3-4-10(16)12-15-14-11-6-5-9(13)8-17(11)12/h5-6,8,10H,2-4,7,13H2,1H3. The van der Waals surface area contributed by atoms with Crippen LogP contribution in [0.5, 0.6) is 0 Å². The van der Waals surface area contributed by atoms with Crippen molar-refractivity contribution < 1.29 is 0 Å². The van der Waals surface area contributed by atoms with E-state index < -0.39 is 0 Å². The van der Waals surface area contributed by atoms with Gasteiger partial charge in [0.15, 0.2) is 11.5 Å². The lowest BCUT2D eigenvalue weighted by Crippen LogP contribution is -2.24. The van der Waals surface area contributed by atoms with E-state index in [1.54, 1.807) is 0 Å². The highest BCUT2D eigenvalue weighted by atomic mass is 15.3. The van der Waals surface area contributed by atoms with Crippen LogP contribution in [0.4, 0.5) is 5.69 Å². The lowest BCUT2D eigenvalue weighted by molar-refractivity contribution is 0.261. The van der Waals surface area contributed by atoms with Crippen molar-refractivity contribution in [1.29, 1.82) is 0 Å². The fourth-order valence-corrected chi connectivity index (χ4v) is 2.65. The molecule has 0 aromatic carbocycles. The average Bonchev–Trinajstić information content (AvgIpc) is 2.93. The number of rotatable bonds is 2. The number of nitrogens with zero attached hydrogens (tertiary/aromatic N) is 4. The van der Waals surface area contributed by atoms with Crippen molar-refractivity contribution in [3.8, 4) is 0 Å². The number of likely N-dealkylation sites (tertiary alicyclic amines) is 1. The highest BCUT2D eigenvalue weighted by Gasteiger charge is 2.28. The zero-order chi connectivity index (χ0) is 11.8. The van der Waals surface area contributed by atoms with Gasteiger partial charge in [0.05, 0.1) is 6.04 Å². The van der Waals surface area contributed by atoms with Gasteiger partial charge in [-0.1, -0.05) is 6.92 Å². The predicted octanol–water partition coefficient (Wildman–Crippen LogP) is 1.47. The Bertz CT molecular complexity index is 533. The zero-order valence-corrected chi connectivity index (χ0v) is 10.0. The van der Waals surface area contributed by atoms with Crippen molar-refractivity contribution >= 4 is 11.3 Å². The Morgan fingerprint density at radius 3 is 3.12 bits per heavy atom. The van der Waals surface area contributed by atoms with Crippen LogP contribution in [0.2, 0.25) is 0 Å². The molecular weight excluding hydrogens is 214 g/mol. The van der Waals surface area contributed by atoms with E-state index in [4.69, 9.17) is 5.73 Å². The molecule has 3 heterocycles. The number of fused-ring (bicyclic) bond motifs is 1. The molecule has 0 amide bonds. The number of aromatic nitrogens is 3. The Kier molecular flexibility index (Phi) is 2.48. The third-order valence-electron chi connectivity index (χ3n) is 3.52. The van der Waals surface area contributed by atoms with E-state index >= 15 is 0 Å². The molecule has 0 bridgehead atoms. The summed E-state index contributed by atoms with van der Waals surface area (Å²) >= 11 is 0. The number of nitrogens with two attached hydrogens (primary N) is 1. The number of pyridine rings is 1. The van der Waals surface area contributed by atoms with E-state index in [1.165, 1.54) is 6.42 Å². The highest BCUT2D eigenvalue weighted by Crippen LogP contribution is 2.30. The van der Waals surface area contributed by atoms with E-state index in [-0.39, 0.29) is 0 Å². The monoisotopic (exact) mass is 231 g/mol. The van der Waals surface area contributed by atoms with Crippen molar-refractivity contribution in [2.24, 2.45) is 0 Å². The maximum Gasteiger partial charge on any atom is 0.160 e. The minimum absolute atomic E-state index is 0.386. The highest BCUT2D eigenvalue weighted by molar-refractivity contribution is 5.47. The molecule has 0 saturated carbocycles. The SMILES string of the molecule is CCN1CCCC1c1nnc2ccc(N)cn12. The van der Waals surface area contributed by atoms with Gasteiger partial charge in [0.1, 0.15) is 0 Å². The van der Waals surface area contributed by atoms with Crippen molar-refractivity contribution in [3.63, 3.8) is 0 Å². The molecule has 1 aliphatic rings. The van der Waals surface area contributed by atoms with Crippen LogP contribution in [0.25, 0.3) is 5.65 Å². The first kappa shape index (κ1) is 10.5. The maximum absolute atomic E-state index is 5.83. The van der Waals surface area contributed by atoms with Gasteiger partial charge in [-0.15, -0.1) is 10.2 Å². The molecule has 0 radical (unpaired) electrons. The molecule has 5 nitrogen and oxygen atoms in total. The maximum atomic E-state index is 5.83. The summed E-state index contributed by atoms with van der Waals surface area (Å²) in [7, 11) is 0. The van der Waals surface area contributed by atoms with Crippen LogP contribution in [0.15, 0.2) is 18.3 Å². The first-order valence-electron chi connectivity index (χ1n) is 6.14. The third-order valence-corrected chi connectivity index (χ3v) is 3.52. The first-order valence-corrected chi connectivity index (χ1v) is 6.14. The van der Waals surface area contributed by atoms with E-state index in [1.807, 2.05) is 22.7 Å². The first-order chi connectivity index (χ1) is 8.29. The number of hydrogen-bond donors (Lipinski definition) is 1. The van der Waals surface area contributed by atoms with Crippen LogP contribution in [-0.2, 0) is 0 Å². The van der Waals surface area contributed by atoms with Crippen LogP contribution in [-0.4, -0.2) is 32.6 Å². The molecule has 5 heteroatoms. The van der Waals surface area contributed by atoms with Crippen LogP contribution in [0.1, 0.15) is 31.6 Å². The molecular formula is C12H17N5. The molecule has 0 spiro atoms. The molecule has 2 aromatic rings. The second-order valence-electron chi connectivity index (χ2n) is 4.54. The van der Waals surface area contributed by atoms with Gasteiger partial charge in [-0.2, -0.15) is 0 Å². The second-order valence-corrected chi connectivity index (χ2v) is 4.54. The summed E-state index contributed by atoms with van der Waals surface area (Å²) in [4.78, 5) is 2.44. The van der Waals surface area contributed by atoms with Gasteiger partial charge in [-0.05, 0) is 38.1 Å². The molecule has 3 rings (SSSR count). The lowest BCUT2D eigenvalue weighted by Gasteiger charge is -2.20. The Morgan fingerprint density at radius 2 is 2.29 bits per heavy atom. The smallest absolute Gasteiger partial charge is 0.160 e. The summed E-state index contributed by atoms with van der Waals surface area (Å²) in [6.45, 7) is 4.40. The Balaban J connectivity index is 2.07. The molecule has 90 valence electrons. The fraction of sp³-hybridized carbons (Fsp3) is 0.500. The van der Waals surface area contributed by atoms with Crippen molar-refractivity contribution in [3.05, 3.63) is 24.2 Å². The van der Waals surface area contributed by atoms with Crippen molar-refractivity contribution in [1.82, 2.24) is 19.5 Å². The number of anilines is 1. The summed E-state index contributed by atoms with van der Waals surface area (Å²) in [6.07, 6.45) is 4.30. The summed E-state index contributed by atoms with van der Waals surface area (Å²) in [5.74, 6) is 1.02. The summed E-state index contributed by atoms with van der Waals surface area (Å²) in [5, 5.41) is 8.54. The third kappa shape index (κ3) is 1.67. The number of hydrogen-bond acceptors (Lipinski definition) is 4. The quantitative estimate of drug-likeness (QED) is 0.850. The summed E-state index contributed by atoms with van der Waals surface area (Å²) in [6, 6.07) is 4.16. The van der Waals surface area contributed by atoms with Crippen LogP contribution in [0, 0.1) is 0 Å². The largest absolute Gasteiger partial charge is 0.398 e. The molecule has 1 atom stereocenters. The molecule has 0 aliphatic carbocycles. The van der Waals surface area contributed by atoms with Crippen LogP contribution < -0.4 is 5.73 Å². The van der Waals surface area contributed by atoms with Crippen LogP contribution >= 0.6 is 0 Å². The van der Waals surface area contributed by atoms with Crippen molar-refractivity contribution in [2.75, 3.05) is 18.8 Å². The topological polar surface area (TPSA) is 59.5 Å². The molecule has 2 aromatic heterocycles. The Hall–Kier alpha value is -1.62. The van der Waals surface area contributed by atoms with E-state index in [9.17, 15) is 0 Å². The Labute approximate surface area is 100 Å². The normalized spacial score (nSPS) is 21.4. The predicted molar refractivity (Wildman–Crippen MR) is 66.6 cm³/mol. The fourth-order valence-electron chi connectivity index (χ4n) is 2.65. The molecule has 17 heavy (non-hydrogen) atoms. The van der Waals surface area contributed by atoms with Gasteiger partial charge in [0.25, 0.3) is 0 Å². The molecule has 1 saturated heterocycles. The van der Waals surface area contributed by atoms with Gasteiger partial charge < -0.3 is 5.73 Å². The van der Waals surface area contributed by atoms with E-state index in [0.717, 1.165) is 36.7 Å². The lowest BCUT2D eigenvalue weighted by atomic mass is 10.2. The van der Waals surface area contributed by atoms with Gasteiger partial charge in [-0.25, -0.2) is 0 Å². The van der Waals surface area contributed by atoms with Gasteiger partial charge in [0, 0.05) is 11.9 Å². The number of nitrogen functional groups attached to an aromatic ring is 1. The van der Waals surface area contributed by atoms with Gasteiger partial charge in [-0.3, -0.25) is 9.30 Å². The summed E-state index contributed by atoms with van der Waals surface area (Å²) in [5.41, 5.74) is 7.45. The van der Waals surface area contributed by atoms with E-state index in [0.29, 0.717) is 6.04 Å². The minimum Gasteiger partial charge on any atom is -0.398 e. The van der Waals surface area contributed by atoms with Crippen molar-refractivity contribution in [2.45, 2.75) is 25.8 Å². The second kappa shape index (κ2) is 4.00. The van der Waals surface area contributed by atoms with Gasteiger partial charge >= 0.3 is 0 Å². The molecule has 1 unspecified atom stereocenters. The summed E-state index contributed by atoms with van der Waals surface area (Å²) < 4.78 is 2.02. The minimum atomic E-state index is 0.386.